The third kappa shape index (κ3) is 3.11. The minimum atomic E-state index is -4.15. The molecule has 0 saturated carbocycles. The van der Waals surface area contributed by atoms with Crippen LogP contribution < -0.4 is 0 Å². The molecule has 0 radical (unpaired) electrons. The van der Waals surface area contributed by atoms with E-state index in [4.69, 9.17) is 5.11 Å². The number of para-hydroxylation sites is 1. The lowest BCUT2D eigenvalue weighted by atomic mass is 10.1. The molecule has 1 aromatic heterocycles. The van der Waals surface area contributed by atoms with E-state index in [0.717, 1.165) is 4.09 Å². The Kier molecular flexibility index (Phi) is 4.60. The second kappa shape index (κ2) is 7.13. The summed E-state index contributed by atoms with van der Waals surface area (Å²) in [6.07, 6.45) is 0. The molecule has 0 unspecified atom stereocenters. The largest absolute Gasteiger partial charge is 0.478 e. The standard InChI is InChI=1S/C22H15N3O4S/c1-14-6-7-17(13-23)20(12-14)30(28,29)25-19-5-3-2-4-18(19)21(24-25)15-8-10-16(11-9-15)22(26)27/h2-12H,1H3,(H,26,27). The summed E-state index contributed by atoms with van der Waals surface area (Å²) in [6, 6.07) is 19.4. The summed E-state index contributed by atoms with van der Waals surface area (Å²) in [5.41, 5.74) is 2.20. The van der Waals surface area contributed by atoms with Crippen molar-refractivity contribution in [2.24, 2.45) is 0 Å². The molecule has 3 aromatic carbocycles. The number of nitriles is 1. The zero-order valence-electron chi connectivity index (χ0n) is 15.8. The number of carboxylic acid groups (broad SMARTS) is 1. The van der Waals surface area contributed by atoms with E-state index in [2.05, 4.69) is 5.10 Å². The van der Waals surface area contributed by atoms with E-state index in [1.165, 1.54) is 24.3 Å². The van der Waals surface area contributed by atoms with E-state index in [-0.39, 0.29) is 16.0 Å². The highest BCUT2D eigenvalue weighted by Crippen LogP contribution is 2.31. The van der Waals surface area contributed by atoms with Crippen LogP contribution in [0.25, 0.3) is 22.2 Å². The van der Waals surface area contributed by atoms with Crippen LogP contribution in [0.3, 0.4) is 0 Å². The summed E-state index contributed by atoms with van der Waals surface area (Å²) >= 11 is 0. The van der Waals surface area contributed by atoms with Crippen molar-refractivity contribution in [1.82, 2.24) is 9.19 Å². The fourth-order valence-corrected chi connectivity index (χ4v) is 4.75. The van der Waals surface area contributed by atoms with Crippen molar-refractivity contribution >= 4 is 26.9 Å². The maximum atomic E-state index is 13.4. The van der Waals surface area contributed by atoms with Gasteiger partial charge in [-0.15, -0.1) is 0 Å². The predicted octanol–water partition coefficient (Wildman–Crippen LogP) is 3.82. The third-order valence-electron chi connectivity index (χ3n) is 4.72. The number of carbonyl (C=O) groups is 1. The van der Waals surface area contributed by atoms with Gasteiger partial charge in [0, 0.05) is 10.9 Å². The first-order chi connectivity index (χ1) is 14.3. The monoisotopic (exact) mass is 417 g/mol. The first-order valence-corrected chi connectivity index (χ1v) is 10.3. The molecule has 7 nitrogen and oxygen atoms in total. The number of aryl methyl sites for hydroxylation is 1. The molecule has 1 N–H and O–H groups in total. The van der Waals surface area contributed by atoms with E-state index in [1.54, 1.807) is 49.4 Å². The average Bonchev–Trinajstić information content (AvgIpc) is 3.14. The molecule has 0 aliphatic rings. The van der Waals surface area contributed by atoms with Crippen molar-refractivity contribution in [1.29, 1.82) is 5.26 Å². The summed E-state index contributed by atoms with van der Waals surface area (Å²) in [6.45, 7) is 1.75. The second-order valence-corrected chi connectivity index (χ2v) is 8.44. The zero-order valence-corrected chi connectivity index (χ0v) is 16.6. The van der Waals surface area contributed by atoms with Crippen molar-refractivity contribution in [3.8, 4) is 17.3 Å². The number of rotatable bonds is 4. The Bertz CT molecular complexity index is 1450. The maximum Gasteiger partial charge on any atom is 0.335 e. The summed E-state index contributed by atoms with van der Waals surface area (Å²) < 4.78 is 27.8. The zero-order chi connectivity index (χ0) is 21.5. The number of aromatic nitrogens is 2. The van der Waals surface area contributed by atoms with Crippen LogP contribution in [0.15, 0.2) is 71.6 Å². The van der Waals surface area contributed by atoms with Gasteiger partial charge in [-0.3, -0.25) is 0 Å². The fraction of sp³-hybridized carbons (Fsp3) is 0.0455. The van der Waals surface area contributed by atoms with Gasteiger partial charge in [0.2, 0.25) is 0 Å². The Hall–Kier alpha value is -3.96. The van der Waals surface area contributed by atoms with Crippen LogP contribution in [0.1, 0.15) is 21.5 Å². The molecule has 0 atom stereocenters. The SMILES string of the molecule is Cc1ccc(C#N)c(S(=O)(=O)n2nc(-c3ccc(C(=O)O)cc3)c3ccccc32)c1. The quantitative estimate of drug-likeness (QED) is 0.540. The van der Waals surface area contributed by atoms with E-state index in [9.17, 15) is 18.5 Å². The minimum Gasteiger partial charge on any atom is -0.478 e. The average molecular weight is 417 g/mol. The van der Waals surface area contributed by atoms with Crippen LogP contribution >= 0.6 is 0 Å². The van der Waals surface area contributed by atoms with Gasteiger partial charge in [0.15, 0.2) is 0 Å². The van der Waals surface area contributed by atoms with E-state index < -0.39 is 16.0 Å². The molecule has 148 valence electrons. The number of fused-ring (bicyclic) bond motifs is 1. The molecular formula is C22H15N3O4S. The summed E-state index contributed by atoms with van der Waals surface area (Å²) in [5, 5.41) is 23.4. The number of aromatic carboxylic acids is 1. The van der Waals surface area contributed by atoms with Crippen LogP contribution in [0, 0.1) is 18.3 Å². The molecular weight excluding hydrogens is 402 g/mol. The summed E-state index contributed by atoms with van der Waals surface area (Å²) in [5.74, 6) is -1.05. The van der Waals surface area contributed by atoms with Crippen molar-refractivity contribution in [3.05, 3.63) is 83.4 Å². The maximum absolute atomic E-state index is 13.4. The molecule has 1 heterocycles. The van der Waals surface area contributed by atoms with Crippen molar-refractivity contribution < 1.29 is 18.3 Å². The molecule has 0 fully saturated rings. The highest BCUT2D eigenvalue weighted by atomic mass is 32.2. The van der Waals surface area contributed by atoms with E-state index in [0.29, 0.717) is 27.7 Å². The number of benzene rings is 3. The smallest absolute Gasteiger partial charge is 0.335 e. The second-order valence-electron chi connectivity index (χ2n) is 6.71. The summed E-state index contributed by atoms with van der Waals surface area (Å²) in [4.78, 5) is 11.0. The van der Waals surface area contributed by atoms with Crippen molar-refractivity contribution in [2.45, 2.75) is 11.8 Å². The van der Waals surface area contributed by atoms with Gasteiger partial charge >= 0.3 is 5.97 Å². The Morgan fingerprint density at radius 2 is 1.77 bits per heavy atom. The molecule has 0 aliphatic carbocycles. The topological polar surface area (TPSA) is 113 Å². The molecule has 8 heteroatoms. The van der Waals surface area contributed by atoms with Crippen LogP contribution in [0.5, 0.6) is 0 Å². The number of nitrogens with zero attached hydrogens (tertiary/aromatic N) is 3. The molecule has 0 bridgehead atoms. The van der Waals surface area contributed by atoms with Gasteiger partial charge in [0.1, 0.15) is 16.7 Å². The first kappa shape index (κ1) is 19.4. The number of hydrogen-bond donors (Lipinski definition) is 1. The molecule has 0 amide bonds. The molecule has 0 aliphatic heterocycles. The first-order valence-electron chi connectivity index (χ1n) is 8.91. The lowest BCUT2D eigenvalue weighted by Gasteiger charge is -2.08. The molecule has 4 rings (SSSR count). The highest BCUT2D eigenvalue weighted by molar-refractivity contribution is 7.90. The summed E-state index contributed by atoms with van der Waals surface area (Å²) in [7, 11) is -4.15. The van der Waals surface area contributed by atoms with Crippen molar-refractivity contribution in [3.63, 3.8) is 0 Å². The van der Waals surface area contributed by atoms with Gasteiger partial charge in [-0.25, -0.2) is 4.79 Å². The Morgan fingerprint density at radius 1 is 1.07 bits per heavy atom. The van der Waals surface area contributed by atoms with Crippen LogP contribution in [0.2, 0.25) is 0 Å². The Morgan fingerprint density at radius 3 is 2.43 bits per heavy atom. The predicted molar refractivity (Wildman–Crippen MR) is 111 cm³/mol. The fourth-order valence-electron chi connectivity index (χ4n) is 3.23. The van der Waals surface area contributed by atoms with E-state index in [1.807, 2.05) is 6.07 Å². The Labute approximate surface area is 172 Å². The molecule has 4 aromatic rings. The van der Waals surface area contributed by atoms with Crippen molar-refractivity contribution in [2.75, 3.05) is 0 Å². The normalized spacial score (nSPS) is 11.3. The lowest BCUT2D eigenvalue weighted by Crippen LogP contribution is -2.16. The van der Waals surface area contributed by atoms with E-state index >= 15 is 0 Å². The lowest BCUT2D eigenvalue weighted by molar-refractivity contribution is 0.0697. The van der Waals surface area contributed by atoms with Gasteiger partial charge in [-0.05, 0) is 42.8 Å². The van der Waals surface area contributed by atoms with Gasteiger partial charge in [0.25, 0.3) is 10.0 Å². The molecule has 0 spiro atoms. The highest BCUT2D eigenvalue weighted by Gasteiger charge is 2.26. The van der Waals surface area contributed by atoms with Crippen LogP contribution in [0.4, 0.5) is 0 Å². The van der Waals surface area contributed by atoms with Gasteiger partial charge in [-0.2, -0.15) is 22.9 Å². The third-order valence-corrected chi connectivity index (χ3v) is 6.35. The van der Waals surface area contributed by atoms with Gasteiger partial charge in [-0.1, -0.05) is 36.4 Å². The van der Waals surface area contributed by atoms with Crippen LogP contribution in [-0.4, -0.2) is 28.7 Å². The van der Waals surface area contributed by atoms with Gasteiger partial charge in [0.05, 0.1) is 16.6 Å². The van der Waals surface area contributed by atoms with Crippen LogP contribution in [-0.2, 0) is 10.0 Å². The molecule has 0 saturated heterocycles. The molecule has 30 heavy (non-hydrogen) atoms. The number of carboxylic acids is 1. The Balaban J connectivity index is 1.97. The number of hydrogen-bond acceptors (Lipinski definition) is 5. The minimum absolute atomic E-state index is 0.0348. The van der Waals surface area contributed by atoms with Gasteiger partial charge < -0.3 is 5.11 Å².